The van der Waals surface area contributed by atoms with Gasteiger partial charge in [-0.05, 0) is 19.3 Å². The quantitative estimate of drug-likeness (QED) is 0.675. The molecule has 5 heterocycles. The molecule has 0 N–H and O–H groups in total. The lowest BCUT2D eigenvalue weighted by atomic mass is 9.63. The number of aromatic nitrogens is 1. The summed E-state index contributed by atoms with van der Waals surface area (Å²) in [5, 5.41) is 0. The van der Waals surface area contributed by atoms with E-state index in [9.17, 15) is 0 Å². The van der Waals surface area contributed by atoms with Crippen LogP contribution in [0.2, 0.25) is 0 Å². The van der Waals surface area contributed by atoms with Crippen molar-refractivity contribution < 1.29 is 4.57 Å². The van der Waals surface area contributed by atoms with Gasteiger partial charge in [-0.25, -0.2) is 4.57 Å². The highest BCUT2D eigenvalue weighted by atomic mass is 15.4. The van der Waals surface area contributed by atoms with E-state index in [1.165, 1.54) is 38.4 Å². The molecule has 4 fully saturated rings. The molecule has 18 heavy (non-hydrogen) atoms. The summed E-state index contributed by atoms with van der Waals surface area (Å²) in [6.07, 6.45) is 3.57. The van der Waals surface area contributed by atoms with Gasteiger partial charge in [0.15, 0.2) is 11.9 Å². The summed E-state index contributed by atoms with van der Waals surface area (Å²) in [6, 6.07) is 7.35. The lowest BCUT2D eigenvalue weighted by Crippen LogP contribution is -2.74. The van der Waals surface area contributed by atoms with Crippen molar-refractivity contribution in [1.29, 1.82) is 0 Å². The van der Waals surface area contributed by atoms with Crippen LogP contribution in [0.5, 0.6) is 0 Å². The molecule has 4 aliphatic rings. The first-order chi connectivity index (χ1) is 8.69. The Morgan fingerprint density at radius 1 is 1.33 bits per heavy atom. The molecule has 0 amide bonds. The average Bonchev–Trinajstić information content (AvgIpc) is 2.35. The third-order valence-corrected chi connectivity index (χ3v) is 5.46. The van der Waals surface area contributed by atoms with E-state index in [1.54, 1.807) is 0 Å². The van der Waals surface area contributed by atoms with Crippen molar-refractivity contribution in [3.05, 3.63) is 30.1 Å². The van der Waals surface area contributed by atoms with Crippen LogP contribution in [0.15, 0.2) is 24.4 Å². The van der Waals surface area contributed by atoms with Gasteiger partial charge in [0.05, 0.1) is 12.1 Å². The zero-order valence-corrected chi connectivity index (χ0v) is 11.3. The summed E-state index contributed by atoms with van der Waals surface area (Å²) in [5.41, 5.74) is 1.88. The average molecular weight is 244 g/mol. The van der Waals surface area contributed by atoms with Gasteiger partial charge in [-0.1, -0.05) is 6.07 Å². The van der Waals surface area contributed by atoms with Gasteiger partial charge < -0.3 is 0 Å². The maximum absolute atomic E-state index is 2.69. The zero-order valence-electron chi connectivity index (χ0n) is 11.3. The Kier molecular flexibility index (Phi) is 2.16. The highest BCUT2D eigenvalue weighted by Crippen LogP contribution is 2.47. The Hall–Kier alpha value is -0.930. The molecule has 4 saturated heterocycles. The summed E-state index contributed by atoms with van der Waals surface area (Å²) < 4.78 is 2.34. The predicted molar refractivity (Wildman–Crippen MR) is 70.0 cm³/mol. The van der Waals surface area contributed by atoms with Gasteiger partial charge in [0.25, 0.3) is 0 Å². The topological polar surface area (TPSA) is 10.4 Å². The minimum absolute atomic E-state index is 0.357. The fraction of sp³-hybridized carbons (Fsp3) is 0.667. The second-order valence-electron chi connectivity index (χ2n) is 6.52. The van der Waals surface area contributed by atoms with E-state index >= 15 is 0 Å². The van der Waals surface area contributed by atoms with Crippen LogP contribution in [0.3, 0.4) is 0 Å². The van der Waals surface area contributed by atoms with Crippen LogP contribution in [0.25, 0.3) is 0 Å². The molecular formula is C15H22N3+. The molecular weight excluding hydrogens is 222 g/mol. The summed E-state index contributed by atoms with van der Waals surface area (Å²) in [5.74, 6) is 0.879. The number of nitrogens with zero attached hydrogens (tertiary/aromatic N) is 3. The van der Waals surface area contributed by atoms with Crippen molar-refractivity contribution in [1.82, 2.24) is 9.80 Å². The molecule has 1 aromatic rings. The van der Waals surface area contributed by atoms with E-state index in [-0.39, 0.29) is 0 Å². The molecule has 5 unspecified atom stereocenters. The Morgan fingerprint density at radius 3 is 3.00 bits per heavy atom. The first-order valence-electron chi connectivity index (χ1n) is 7.10. The molecule has 3 nitrogen and oxygen atoms in total. The van der Waals surface area contributed by atoms with E-state index < -0.39 is 0 Å². The minimum atomic E-state index is 0.357. The Morgan fingerprint density at radius 2 is 2.22 bits per heavy atom. The molecule has 5 rings (SSSR count). The lowest BCUT2D eigenvalue weighted by Gasteiger charge is -2.61. The molecule has 0 saturated carbocycles. The van der Waals surface area contributed by atoms with Crippen LogP contribution in [-0.2, 0) is 12.5 Å². The molecule has 5 atom stereocenters. The molecule has 0 radical (unpaired) electrons. The molecule has 4 aliphatic heterocycles. The molecule has 3 heteroatoms. The number of hydrogen-bond acceptors (Lipinski definition) is 2. The number of piperidine rings is 2. The van der Waals surface area contributed by atoms with E-state index in [0.717, 1.165) is 5.92 Å². The van der Waals surface area contributed by atoms with Gasteiger partial charge >= 0.3 is 0 Å². The predicted octanol–water partition coefficient (Wildman–Crippen LogP) is 0.746. The van der Waals surface area contributed by atoms with Crippen LogP contribution < -0.4 is 4.57 Å². The number of pyridine rings is 1. The van der Waals surface area contributed by atoms with E-state index in [0.29, 0.717) is 11.5 Å². The van der Waals surface area contributed by atoms with Crippen molar-refractivity contribution in [2.45, 2.75) is 24.8 Å². The van der Waals surface area contributed by atoms with Crippen LogP contribution >= 0.6 is 0 Å². The third-order valence-electron chi connectivity index (χ3n) is 5.46. The highest BCUT2D eigenvalue weighted by molar-refractivity contribution is 5.23. The van der Waals surface area contributed by atoms with Gasteiger partial charge in [-0.3, -0.25) is 9.80 Å². The van der Waals surface area contributed by atoms with Crippen LogP contribution in [-0.4, -0.2) is 42.1 Å². The SMILES string of the molecule is CC1N2CC3CN(C2)CC1(c1cccc[n+]1C)C3. The summed E-state index contributed by atoms with van der Waals surface area (Å²) in [6.45, 7) is 7.51. The minimum Gasteiger partial charge on any atom is -0.289 e. The monoisotopic (exact) mass is 244 g/mol. The Bertz CT molecular complexity index is 470. The van der Waals surface area contributed by atoms with E-state index in [4.69, 9.17) is 0 Å². The third kappa shape index (κ3) is 1.29. The first-order valence-corrected chi connectivity index (χ1v) is 7.10. The second-order valence-corrected chi connectivity index (χ2v) is 6.52. The second kappa shape index (κ2) is 3.55. The highest BCUT2D eigenvalue weighted by Gasteiger charge is 2.57. The van der Waals surface area contributed by atoms with Crippen LogP contribution in [0.1, 0.15) is 19.0 Å². The molecule has 0 spiro atoms. The largest absolute Gasteiger partial charge is 0.289 e. The lowest BCUT2D eigenvalue weighted by molar-refractivity contribution is -0.684. The smallest absolute Gasteiger partial charge is 0.190 e. The molecule has 0 aliphatic carbocycles. The fourth-order valence-corrected chi connectivity index (χ4v) is 4.72. The van der Waals surface area contributed by atoms with Gasteiger partial charge in [0.2, 0.25) is 0 Å². The molecule has 1 aromatic heterocycles. The molecule has 0 aromatic carbocycles. The molecule has 96 valence electrons. The number of rotatable bonds is 1. The zero-order chi connectivity index (χ0) is 12.3. The summed E-state index contributed by atoms with van der Waals surface area (Å²) in [7, 11) is 2.20. The van der Waals surface area contributed by atoms with Crippen molar-refractivity contribution in [3.63, 3.8) is 0 Å². The van der Waals surface area contributed by atoms with Crippen molar-refractivity contribution >= 4 is 0 Å². The Balaban J connectivity index is 1.85. The first kappa shape index (κ1) is 10.9. The van der Waals surface area contributed by atoms with Gasteiger partial charge in [0, 0.05) is 37.8 Å². The van der Waals surface area contributed by atoms with Gasteiger partial charge in [-0.2, -0.15) is 0 Å². The van der Waals surface area contributed by atoms with Crippen molar-refractivity contribution in [2.24, 2.45) is 13.0 Å². The standard InChI is InChI=1S/C15H22N3/c1-12-15(14-5-3-4-6-16(14)2)7-13-8-17(10-15)11-18(12)9-13/h3-6,12-13H,7-11H2,1-2H3/q+1. The van der Waals surface area contributed by atoms with E-state index in [2.05, 4.69) is 52.7 Å². The summed E-state index contributed by atoms with van der Waals surface area (Å²) in [4.78, 5) is 5.35. The maximum atomic E-state index is 2.69. The van der Waals surface area contributed by atoms with Crippen LogP contribution in [0.4, 0.5) is 0 Å². The van der Waals surface area contributed by atoms with Gasteiger partial charge in [0.1, 0.15) is 7.05 Å². The van der Waals surface area contributed by atoms with Crippen molar-refractivity contribution in [3.8, 4) is 0 Å². The fourth-order valence-electron chi connectivity index (χ4n) is 4.72. The van der Waals surface area contributed by atoms with Crippen LogP contribution in [0, 0.1) is 5.92 Å². The van der Waals surface area contributed by atoms with E-state index in [1.807, 2.05) is 0 Å². The molecule has 4 bridgehead atoms. The van der Waals surface area contributed by atoms with Crippen molar-refractivity contribution in [2.75, 3.05) is 26.3 Å². The number of aryl methyl sites for hydroxylation is 1. The maximum Gasteiger partial charge on any atom is 0.190 e. The van der Waals surface area contributed by atoms with Gasteiger partial charge in [-0.15, -0.1) is 0 Å². The Labute approximate surface area is 109 Å². The summed E-state index contributed by atoms with van der Waals surface area (Å²) >= 11 is 0. The number of hydrogen-bond donors (Lipinski definition) is 0. The normalized spacial score (nSPS) is 45.4.